The Morgan fingerprint density at radius 1 is 1.29 bits per heavy atom. The second kappa shape index (κ2) is 5.81. The van der Waals surface area contributed by atoms with E-state index < -0.39 is 4.92 Å². The summed E-state index contributed by atoms with van der Waals surface area (Å²) in [5.41, 5.74) is 0.223. The topological polar surface area (TPSA) is 84.3 Å². The van der Waals surface area contributed by atoms with Gasteiger partial charge in [0, 0.05) is 24.6 Å². The van der Waals surface area contributed by atoms with Gasteiger partial charge in [0.1, 0.15) is 5.69 Å². The summed E-state index contributed by atoms with van der Waals surface area (Å²) in [6.45, 7) is 0. The maximum absolute atomic E-state index is 12.1. The molecule has 1 amide bonds. The highest BCUT2D eigenvalue weighted by Crippen LogP contribution is 2.33. The third kappa shape index (κ3) is 3.21. The van der Waals surface area contributed by atoms with Crippen molar-refractivity contribution in [3.63, 3.8) is 0 Å². The number of rotatable bonds is 4. The summed E-state index contributed by atoms with van der Waals surface area (Å²) in [7, 11) is 0. The molecule has 0 saturated carbocycles. The number of para-hydroxylation sites is 2. The van der Waals surface area contributed by atoms with E-state index in [4.69, 9.17) is 0 Å². The van der Waals surface area contributed by atoms with Gasteiger partial charge < -0.3 is 10.6 Å². The molecule has 2 aliphatic rings. The van der Waals surface area contributed by atoms with Crippen molar-refractivity contribution in [2.75, 3.05) is 5.32 Å². The van der Waals surface area contributed by atoms with E-state index in [1.807, 2.05) is 0 Å². The third-order valence-electron chi connectivity index (χ3n) is 4.42. The summed E-state index contributed by atoms with van der Waals surface area (Å²) in [6.07, 6.45) is 4.90. The molecule has 6 heteroatoms. The van der Waals surface area contributed by atoms with E-state index in [1.165, 1.54) is 18.9 Å². The molecule has 1 aromatic rings. The zero-order valence-corrected chi connectivity index (χ0v) is 11.7. The fourth-order valence-electron chi connectivity index (χ4n) is 3.54. The summed E-state index contributed by atoms with van der Waals surface area (Å²) < 4.78 is 0. The van der Waals surface area contributed by atoms with Crippen LogP contribution < -0.4 is 10.6 Å². The van der Waals surface area contributed by atoms with Gasteiger partial charge in [0.2, 0.25) is 5.91 Å². The normalized spacial score (nSPS) is 27.3. The van der Waals surface area contributed by atoms with Crippen molar-refractivity contribution in [1.82, 2.24) is 5.32 Å². The number of amides is 1. The third-order valence-corrected chi connectivity index (χ3v) is 4.42. The van der Waals surface area contributed by atoms with E-state index in [0.29, 0.717) is 24.4 Å². The van der Waals surface area contributed by atoms with Crippen molar-refractivity contribution in [3.05, 3.63) is 34.4 Å². The van der Waals surface area contributed by atoms with Crippen molar-refractivity contribution in [2.24, 2.45) is 5.92 Å². The fourth-order valence-corrected chi connectivity index (χ4v) is 3.54. The van der Waals surface area contributed by atoms with Gasteiger partial charge in [-0.2, -0.15) is 0 Å². The molecule has 2 atom stereocenters. The van der Waals surface area contributed by atoms with Gasteiger partial charge in [0.05, 0.1) is 4.92 Å². The molecule has 2 saturated heterocycles. The number of nitrogens with zero attached hydrogens (tertiary/aromatic N) is 1. The monoisotopic (exact) mass is 289 g/mol. The molecule has 3 rings (SSSR count). The molecule has 0 spiro atoms. The van der Waals surface area contributed by atoms with E-state index in [-0.39, 0.29) is 17.3 Å². The van der Waals surface area contributed by atoms with E-state index in [9.17, 15) is 14.9 Å². The average molecular weight is 289 g/mol. The first-order valence-electron chi connectivity index (χ1n) is 7.41. The highest BCUT2D eigenvalue weighted by atomic mass is 16.6. The Hall–Kier alpha value is -1.95. The molecule has 2 unspecified atom stereocenters. The van der Waals surface area contributed by atoms with Crippen LogP contribution >= 0.6 is 0 Å². The number of nitro benzene ring substituents is 1. The van der Waals surface area contributed by atoms with E-state index in [0.717, 1.165) is 12.8 Å². The fraction of sp³-hybridized carbons (Fsp3) is 0.533. The van der Waals surface area contributed by atoms with Crippen LogP contribution in [0.5, 0.6) is 0 Å². The highest BCUT2D eigenvalue weighted by molar-refractivity contribution is 5.93. The van der Waals surface area contributed by atoms with Gasteiger partial charge >= 0.3 is 0 Å². The molecule has 2 N–H and O–H groups in total. The lowest BCUT2D eigenvalue weighted by molar-refractivity contribution is -0.383. The highest BCUT2D eigenvalue weighted by Gasteiger charge is 2.34. The van der Waals surface area contributed by atoms with E-state index in [1.54, 1.807) is 18.2 Å². The Balaban J connectivity index is 1.61. The summed E-state index contributed by atoms with van der Waals surface area (Å²) >= 11 is 0. The Bertz CT molecular complexity index is 549. The maximum Gasteiger partial charge on any atom is 0.292 e. The van der Waals surface area contributed by atoms with Gasteiger partial charge in [-0.05, 0) is 37.7 Å². The number of nitrogens with one attached hydrogen (secondary N) is 2. The number of carbonyl (C=O) groups is 1. The first-order chi connectivity index (χ1) is 10.1. The standard InChI is InChI=1S/C15H19N3O3/c19-15(9-10-7-11-5-6-12(8-10)16-11)17-13-3-1-2-4-14(13)18(20)21/h1-4,10-12,16H,5-9H2,(H,17,19). The molecular weight excluding hydrogens is 270 g/mol. The van der Waals surface area contributed by atoms with Crippen molar-refractivity contribution in [2.45, 2.75) is 44.2 Å². The van der Waals surface area contributed by atoms with Gasteiger partial charge in [0.15, 0.2) is 0 Å². The van der Waals surface area contributed by atoms with Crippen LogP contribution in [0.1, 0.15) is 32.1 Å². The van der Waals surface area contributed by atoms with Gasteiger partial charge in [0.25, 0.3) is 5.69 Å². The molecule has 112 valence electrons. The molecule has 1 aromatic carbocycles. The van der Waals surface area contributed by atoms with Gasteiger partial charge in [-0.25, -0.2) is 0 Å². The Morgan fingerprint density at radius 3 is 2.62 bits per heavy atom. The summed E-state index contributed by atoms with van der Waals surface area (Å²) in [4.78, 5) is 22.6. The second-order valence-corrected chi connectivity index (χ2v) is 6.00. The predicted molar refractivity (Wildman–Crippen MR) is 79.0 cm³/mol. The average Bonchev–Trinajstić information content (AvgIpc) is 2.78. The van der Waals surface area contributed by atoms with E-state index >= 15 is 0 Å². The van der Waals surface area contributed by atoms with Gasteiger partial charge in [-0.3, -0.25) is 14.9 Å². The minimum atomic E-state index is -0.472. The molecule has 2 heterocycles. The Morgan fingerprint density at radius 2 is 1.95 bits per heavy atom. The largest absolute Gasteiger partial charge is 0.320 e. The summed E-state index contributed by atoms with van der Waals surface area (Å²) in [5.74, 6) is 0.252. The lowest BCUT2D eigenvalue weighted by atomic mass is 9.89. The minimum Gasteiger partial charge on any atom is -0.320 e. The molecule has 2 bridgehead atoms. The maximum atomic E-state index is 12.1. The Kier molecular flexibility index (Phi) is 3.88. The van der Waals surface area contributed by atoms with Crippen molar-refractivity contribution in [1.29, 1.82) is 0 Å². The zero-order chi connectivity index (χ0) is 14.8. The first kappa shape index (κ1) is 14.0. The molecule has 0 aliphatic carbocycles. The van der Waals surface area contributed by atoms with Gasteiger partial charge in [-0.1, -0.05) is 12.1 Å². The summed E-state index contributed by atoms with van der Waals surface area (Å²) in [5, 5.41) is 17.2. The molecule has 0 aromatic heterocycles. The minimum absolute atomic E-state index is 0.0590. The van der Waals surface area contributed by atoms with Crippen LogP contribution in [-0.4, -0.2) is 22.9 Å². The van der Waals surface area contributed by atoms with Crippen LogP contribution in [0.3, 0.4) is 0 Å². The lowest BCUT2D eigenvalue weighted by Gasteiger charge is -2.28. The zero-order valence-electron chi connectivity index (χ0n) is 11.7. The van der Waals surface area contributed by atoms with Crippen molar-refractivity contribution in [3.8, 4) is 0 Å². The molecule has 0 radical (unpaired) electrons. The van der Waals surface area contributed by atoms with Crippen LogP contribution in [0.25, 0.3) is 0 Å². The van der Waals surface area contributed by atoms with Crippen LogP contribution in [0.2, 0.25) is 0 Å². The number of hydrogen-bond acceptors (Lipinski definition) is 4. The van der Waals surface area contributed by atoms with Crippen LogP contribution in [-0.2, 0) is 4.79 Å². The SMILES string of the molecule is O=C(CC1CC2CCC(C1)N2)Nc1ccccc1[N+](=O)[O-]. The number of anilines is 1. The number of fused-ring (bicyclic) bond motifs is 2. The van der Waals surface area contributed by atoms with Crippen LogP contribution in [0.4, 0.5) is 11.4 Å². The molecule has 21 heavy (non-hydrogen) atoms. The number of hydrogen-bond donors (Lipinski definition) is 2. The van der Waals surface area contributed by atoms with Crippen LogP contribution in [0, 0.1) is 16.0 Å². The lowest BCUT2D eigenvalue weighted by Crippen LogP contribution is -2.39. The molecular formula is C15H19N3O3. The molecule has 2 fully saturated rings. The quantitative estimate of drug-likeness (QED) is 0.658. The second-order valence-electron chi connectivity index (χ2n) is 6.00. The number of carbonyl (C=O) groups excluding carboxylic acids is 1. The van der Waals surface area contributed by atoms with E-state index in [2.05, 4.69) is 10.6 Å². The number of nitro groups is 1. The smallest absolute Gasteiger partial charge is 0.292 e. The Labute approximate surface area is 123 Å². The predicted octanol–water partition coefficient (Wildman–Crippen LogP) is 2.45. The van der Waals surface area contributed by atoms with Crippen molar-refractivity contribution >= 4 is 17.3 Å². The summed E-state index contributed by atoms with van der Waals surface area (Å²) in [6, 6.07) is 7.36. The first-order valence-corrected chi connectivity index (χ1v) is 7.41. The molecule has 2 aliphatic heterocycles. The van der Waals surface area contributed by atoms with Gasteiger partial charge in [-0.15, -0.1) is 0 Å². The van der Waals surface area contributed by atoms with Crippen molar-refractivity contribution < 1.29 is 9.72 Å². The molecule has 6 nitrogen and oxygen atoms in total. The number of piperidine rings is 1. The van der Waals surface area contributed by atoms with Crippen LogP contribution in [0.15, 0.2) is 24.3 Å². The number of benzene rings is 1.